The Hall–Kier alpha value is -3.42. The van der Waals surface area contributed by atoms with Gasteiger partial charge in [0.25, 0.3) is 5.69 Å². The van der Waals surface area contributed by atoms with E-state index in [4.69, 9.17) is 9.47 Å². The van der Waals surface area contributed by atoms with Crippen molar-refractivity contribution in [3.8, 4) is 11.5 Å². The van der Waals surface area contributed by atoms with Crippen LogP contribution in [0.25, 0.3) is 0 Å². The maximum absolute atomic E-state index is 10.7. The highest BCUT2D eigenvalue weighted by Crippen LogP contribution is 2.38. The van der Waals surface area contributed by atoms with Crippen LogP contribution in [0, 0.1) is 10.1 Å². The van der Waals surface area contributed by atoms with Crippen molar-refractivity contribution in [1.82, 2.24) is 5.32 Å². The SMILES string of the molecule is O=[N+]([O-])c1ccc(OCC(O)CNCCC2c3ccccc3COc3ccccc32)cc1. The number of benzene rings is 3. The minimum absolute atomic E-state index is 0.00613. The van der Waals surface area contributed by atoms with Crippen molar-refractivity contribution >= 4 is 5.69 Å². The molecule has 0 amide bonds. The average molecular weight is 434 g/mol. The summed E-state index contributed by atoms with van der Waals surface area (Å²) in [6.07, 6.45) is 0.176. The fraction of sp³-hybridized carbons (Fsp3) is 0.280. The summed E-state index contributed by atoms with van der Waals surface area (Å²) in [5.41, 5.74) is 3.67. The van der Waals surface area contributed by atoms with Crippen LogP contribution < -0.4 is 14.8 Å². The number of hydrogen-bond acceptors (Lipinski definition) is 6. The van der Waals surface area contributed by atoms with Crippen molar-refractivity contribution < 1.29 is 19.5 Å². The molecule has 0 fully saturated rings. The zero-order chi connectivity index (χ0) is 22.3. The Morgan fingerprint density at radius 3 is 2.56 bits per heavy atom. The van der Waals surface area contributed by atoms with Gasteiger partial charge in [-0.15, -0.1) is 0 Å². The van der Waals surface area contributed by atoms with Crippen LogP contribution in [0.15, 0.2) is 72.8 Å². The minimum Gasteiger partial charge on any atom is -0.491 e. The second-order valence-corrected chi connectivity index (χ2v) is 7.79. The van der Waals surface area contributed by atoms with Crippen LogP contribution in [-0.4, -0.2) is 35.8 Å². The number of nitro groups is 1. The van der Waals surface area contributed by atoms with Crippen LogP contribution in [0.4, 0.5) is 5.69 Å². The molecule has 2 N–H and O–H groups in total. The maximum atomic E-state index is 10.7. The van der Waals surface area contributed by atoms with Gasteiger partial charge in [-0.3, -0.25) is 10.1 Å². The van der Waals surface area contributed by atoms with E-state index >= 15 is 0 Å². The Labute approximate surface area is 186 Å². The molecule has 1 aliphatic rings. The number of aliphatic hydroxyl groups excluding tert-OH is 1. The highest BCUT2D eigenvalue weighted by Gasteiger charge is 2.23. The molecule has 3 aromatic carbocycles. The van der Waals surface area contributed by atoms with E-state index in [-0.39, 0.29) is 18.2 Å². The quantitative estimate of drug-likeness (QED) is 0.300. The zero-order valence-electron chi connectivity index (χ0n) is 17.6. The third-order valence-corrected chi connectivity index (χ3v) is 5.59. The van der Waals surface area contributed by atoms with E-state index in [2.05, 4.69) is 29.6 Å². The molecule has 0 bridgehead atoms. The molecule has 3 aromatic rings. The lowest BCUT2D eigenvalue weighted by Gasteiger charge is -2.20. The summed E-state index contributed by atoms with van der Waals surface area (Å²) in [6, 6.07) is 22.4. The van der Waals surface area contributed by atoms with Crippen LogP contribution in [0.2, 0.25) is 0 Å². The van der Waals surface area contributed by atoms with Crippen molar-refractivity contribution in [2.75, 3.05) is 19.7 Å². The predicted octanol–water partition coefficient (Wildman–Crippen LogP) is 4.04. The highest BCUT2D eigenvalue weighted by molar-refractivity contribution is 5.46. The standard InChI is InChI=1S/C25H26N2O5/c28-20(17-31-21-11-9-19(10-12-21)27(29)30)15-26-14-13-23-22-6-2-1-5-18(22)16-32-25-8-4-3-7-24(23)25/h1-12,20,23,26,28H,13-17H2. The third kappa shape index (κ3) is 5.25. The summed E-state index contributed by atoms with van der Waals surface area (Å²) in [5.74, 6) is 1.62. The number of para-hydroxylation sites is 1. The van der Waals surface area contributed by atoms with Gasteiger partial charge in [-0.25, -0.2) is 0 Å². The largest absolute Gasteiger partial charge is 0.491 e. The molecular weight excluding hydrogens is 408 g/mol. The molecule has 166 valence electrons. The number of nitrogens with one attached hydrogen (secondary N) is 1. The van der Waals surface area contributed by atoms with Crippen molar-refractivity contribution in [2.45, 2.75) is 25.0 Å². The first-order valence-electron chi connectivity index (χ1n) is 10.7. The Kier molecular flexibility index (Phi) is 6.99. The number of ether oxygens (including phenoxy) is 2. The number of non-ortho nitro benzene ring substituents is 1. The molecule has 7 heteroatoms. The van der Waals surface area contributed by atoms with Crippen molar-refractivity contribution in [1.29, 1.82) is 0 Å². The average Bonchev–Trinajstić information content (AvgIpc) is 2.98. The maximum Gasteiger partial charge on any atom is 0.269 e. The predicted molar refractivity (Wildman–Crippen MR) is 121 cm³/mol. The van der Waals surface area contributed by atoms with Crippen molar-refractivity contribution in [3.63, 3.8) is 0 Å². The van der Waals surface area contributed by atoms with Gasteiger partial charge in [0.15, 0.2) is 0 Å². The van der Waals surface area contributed by atoms with E-state index in [0.29, 0.717) is 18.9 Å². The van der Waals surface area contributed by atoms with Crippen LogP contribution in [0.5, 0.6) is 11.5 Å². The highest BCUT2D eigenvalue weighted by atomic mass is 16.6. The molecule has 0 radical (unpaired) electrons. The summed E-state index contributed by atoms with van der Waals surface area (Å²) >= 11 is 0. The van der Waals surface area contributed by atoms with Gasteiger partial charge in [-0.05, 0) is 42.3 Å². The molecule has 2 atom stereocenters. The molecule has 0 spiro atoms. The second-order valence-electron chi connectivity index (χ2n) is 7.79. The smallest absolute Gasteiger partial charge is 0.269 e. The van der Waals surface area contributed by atoms with Gasteiger partial charge in [-0.2, -0.15) is 0 Å². The number of hydrogen-bond donors (Lipinski definition) is 2. The van der Waals surface area contributed by atoms with Gasteiger partial charge in [0, 0.05) is 30.2 Å². The first-order chi connectivity index (χ1) is 15.6. The van der Waals surface area contributed by atoms with Gasteiger partial charge in [0.1, 0.15) is 30.8 Å². The van der Waals surface area contributed by atoms with Crippen molar-refractivity contribution in [3.05, 3.63) is 99.6 Å². The van der Waals surface area contributed by atoms with Crippen LogP contribution >= 0.6 is 0 Å². The van der Waals surface area contributed by atoms with Crippen LogP contribution in [0.1, 0.15) is 29.0 Å². The number of nitro benzene ring substituents is 1. The Morgan fingerprint density at radius 2 is 1.78 bits per heavy atom. The van der Waals surface area contributed by atoms with E-state index in [0.717, 1.165) is 18.7 Å². The zero-order valence-corrected chi connectivity index (χ0v) is 17.6. The van der Waals surface area contributed by atoms with E-state index < -0.39 is 11.0 Å². The van der Waals surface area contributed by atoms with Crippen molar-refractivity contribution in [2.24, 2.45) is 0 Å². The van der Waals surface area contributed by atoms with E-state index in [1.54, 1.807) is 0 Å². The van der Waals surface area contributed by atoms with Gasteiger partial charge < -0.3 is 19.9 Å². The fourth-order valence-corrected chi connectivity index (χ4v) is 3.97. The summed E-state index contributed by atoms with van der Waals surface area (Å²) in [6.45, 7) is 1.78. The number of nitrogens with zero attached hydrogens (tertiary/aromatic N) is 1. The van der Waals surface area contributed by atoms with Gasteiger partial charge >= 0.3 is 0 Å². The van der Waals surface area contributed by atoms with Crippen LogP contribution in [0.3, 0.4) is 0 Å². The van der Waals surface area contributed by atoms with E-state index in [1.807, 2.05) is 24.3 Å². The molecule has 32 heavy (non-hydrogen) atoms. The Morgan fingerprint density at radius 1 is 1.06 bits per heavy atom. The molecule has 1 heterocycles. The Bertz CT molecular complexity index is 1010. The monoisotopic (exact) mass is 434 g/mol. The summed E-state index contributed by atoms with van der Waals surface area (Å²) in [5, 5.41) is 24.3. The molecule has 0 aromatic heterocycles. The lowest BCUT2D eigenvalue weighted by Crippen LogP contribution is -2.32. The van der Waals surface area contributed by atoms with Gasteiger partial charge in [0.2, 0.25) is 0 Å². The Balaban J connectivity index is 1.29. The number of aliphatic hydroxyl groups is 1. The first kappa shape index (κ1) is 21.8. The topological polar surface area (TPSA) is 93.9 Å². The third-order valence-electron chi connectivity index (χ3n) is 5.59. The van der Waals surface area contributed by atoms with Gasteiger partial charge in [-0.1, -0.05) is 42.5 Å². The molecule has 7 nitrogen and oxygen atoms in total. The molecule has 0 saturated carbocycles. The minimum atomic E-state index is -0.692. The van der Waals surface area contributed by atoms with Gasteiger partial charge in [0.05, 0.1) is 4.92 Å². The normalized spacial score (nSPS) is 15.6. The molecule has 4 rings (SSSR count). The fourth-order valence-electron chi connectivity index (χ4n) is 3.97. The van der Waals surface area contributed by atoms with E-state index in [1.165, 1.54) is 41.0 Å². The lowest BCUT2D eigenvalue weighted by atomic mass is 9.86. The molecular formula is C25H26N2O5. The first-order valence-corrected chi connectivity index (χ1v) is 10.7. The molecule has 2 unspecified atom stereocenters. The van der Waals surface area contributed by atoms with E-state index in [9.17, 15) is 15.2 Å². The molecule has 0 saturated heterocycles. The molecule has 1 aliphatic heterocycles. The number of rotatable bonds is 9. The summed E-state index contributed by atoms with van der Waals surface area (Å²) < 4.78 is 11.6. The lowest BCUT2D eigenvalue weighted by molar-refractivity contribution is -0.384. The second kappa shape index (κ2) is 10.3. The summed E-state index contributed by atoms with van der Waals surface area (Å²) in [4.78, 5) is 10.2. The summed E-state index contributed by atoms with van der Waals surface area (Å²) in [7, 11) is 0. The number of fused-ring (bicyclic) bond motifs is 2. The van der Waals surface area contributed by atoms with Crippen LogP contribution in [-0.2, 0) is 6.61 Å². The molecule has 0 aliphatic carbocycles.